The van der Waals surface area contributed by atoms with Gasteiger partial charge >= 0.3 is 0 Å². The van der Waals surface area contributed by atoms with Gasteiger partial charge in [-0.1, -0.05) is 42.5 Å². The lowest BCUT2D eigenvalue weighted by molar-refractivity contribution is 0.100. The smallest absolute Gasteiger partial charge is 0.250 e. The zero-order valence-electron chi connectivity index (χ0n) is 16.3. The molecule has 2 N–H and O–H groups in total. The summed E-state index contributed by atoms with van der Waals surface area (Å²) in [4.78, 5) is 14.4. The summed E-state index contributed by atoms with van der Waals surface area (Å²) < 4.78 is 1.91. The van der Waals surface area contributed by atoms with Gasteiger partial charge in [-0.15, -0.1) is 5.10 Å². The van der Waals surface area contributed by atoms with E-state index in [-0.39, 0.29) is 0 Å². The van der Waals surface area contributed by atoms with E-state index < -0.39 is 5.91 Å². The van der Waals surface area contributed by atoms with Gasteiger partial charge in [0.05, 0.1) is 16.8 Å². The molecule has 6 heteroatoms. The minimum absolute atomic E-state index is 0.409. The minimum atomic E-state index is -0.409. The fraction of sp³-hybridized carbons (Fsp3) is 0.409. The van der Waals surface area contributed by atoms with Crippen molar-refractivity contribution < 1.29 is 4.79 Å². The van der Waals surface area contributed by atoms with Crippen LogP contribution < -0.4 is 10.6 Å². The summed E-state index contributed by atoms with van der Waals surface area (Å²) in [5.74, 6) is 0.249. The molecule has 0 unspecified atom stereocenters. The number of primary amides is 1. The summed E-state index contributed by atoms with van der Waals surface area (Å²) in [6.07, 6.45) is 4.27. The Hall–Kier alpha value is -2.89. The van der Waals surface area contributed by atoms with Crippen LogP contribution in [0.1, 0.15) is 42.1 Å². The molecular weight excluding hydrogens is 350 g/mol. The van der Waals surface area contributed by atoms with Gasteiger partial charge in [0.2, 0.25) is 0 Å². The monoisotopic (exact) mass is 377 g/mol. The maximum atomic E-state index is 12.1. The summed E-state index contributed by atoms with van der Waals surface area (Å²) in [7, 11) is 0. The number of aromatic nitrogens is 3. The molecule has 146 valence electrons. The van der Waals surface area contributed by atoms with Crippen molar-refractivity contribution in [3.05, 3.63) is 53.6 Å². The van der Waals surface area contributed by atoms with E-state index in [0.29, 0.717) is 11.5 Å². The first-order chi connectivity index (χ1) is 13.7. The van der Waals surface area contributed by atoms with Crippen LogP contribution in [0.5, 0.6) is 0 Å². The van der Waals surface area contributed by atoms with Crippen LogP contribution in [0.15, 0.2) is 42.5 Å². The standard InChI is InChI=1S/C22H27N5O/c1-2-12-27-19-9-8-18(22(23)28)21(20(19)24-25-27)26-13-10-17(11-14-26)15-16-6-4-3-5-7-16/h3-9,17H,2,10-15H2,1H3,(H2,23,28). The molecule has 0 radical (unpaired) electrons. The Labute approximate surface area is 165 Å². The lowest BCUT2D eigenvalue weighted by Gasteiger charge is -2.34. The van der Waals surface area contributed by atoms with Gasteiger partial charge in [-0.3, -0.25) is 4.79 Å². The first-order valence-electron chi connectivity index (χ1n) is 10.1. The Bertz CT molecular complexity index is 958. The minimum Gasteiger partial charge on any atom is -0.369 e. The number of hydrogen-bond acceptors (Lipinski definition) is 4. The van der Waals surface area contributed by atoms with Crippen molar-refractivity contribution in [3.8, 4) is 0 Å². The Morgan fingerprint density at radius 1 is 1.14 bits per heavy atom. The van der Waals surface area contributed by atoms with Crippen LogP contribution in [-0.4, -0.2) is 34.0 Å². The Balaban J connectivity index is 1.58. The van der Waals surface area contributed by atoms with Crippen LogP contribution in [0.25, 0.3) is 11.0 Å². The van der Waals surface area contributed by atoms with Gasteiger partial charge in [0.25, 0.3) is 5.91 Å². The first-order valence-corrected chi connectivity index (χ1v) is 10.1. The van der Waals surface area contributed by atoms with Gasteiger partial charge in [-0.25, -0.2) is 4.68 Å². The molecule has 0 bridgehead atoms. The SMILES string of the molecule is CCCn1nnc2c(N3CCC(Cc4ccccc4)CC3)c(C(N)=O)ccc21. The van der Waals surface area contributed by atoms with Gasteiger partial charge in [-0.05, 0) is 49.3 Å². The number of benzene rings is 2. The molecule has 1 fully saturated rings. The predicted molar refractivity (Wildman–Crippen MR) is 111 cm³/mol. The lowest BCUT2D eigenvalue weighted by Crippen LogP contribution is -2.36. The van der Waals surface area contributed by atoms with E-state index >= 15 is 0 Å². The second kappa shape index (κ2) is 8.00. The number of fused-ring (bicyclic) bond motifs is 1. The third-order valence-electron chi connectivity index (χ3n) is 5.66. The van der Waals surface area contributed by atoms with Gasteiger partial charge in [0, 0.05) is 19.6 Å². The summed E-state index contributed by atoms with van der Waals surface area (Å²) >= 11 is 0. The molecule has 28 heavy (non-hydrogen) atoms. The average molecular weight is 377 g/mol. The maximum Gasteiger partial charge on any atom is 0.250 e. The number of piperidine rings is 1. The number of nitrogens with zero attached hydrogens (tertiary/aromatic N) is 4. The maximum absolute atomic E-state index is 12.1. The van der Waals surface area contributed by atoms with E-state index in [9.17, 15) is 4.79 Å². The molecule has 2 aromatic carbocycles. The highest BCUT2D eigenvalue weighted by Gasteiger charge is 2.26. The highest BCUT2D eigenvalue weighted by Crippen LogP contribution is 2.33. The van der Waals surface area contributed by atoms with Crippen LogP contribution >= 0.6 is 0 Å². The Kier molecular flexibility index (Phi) is 5.28. The number of hydrogen-bond donors (Lipinski definition) is 1. The molecule has 0 saturated carbocycles. The van der Waals surface area contributed by atoms with Gasteiger partial charge < -0.3 is 10.6 Å². The largest absolute Gasteiger partial charge is 0.369 e. The van der Waals surface area contributed by atoms with Crippen molar-refractivity contribution in [1.29, 1.82) is 0 Å². The van der Waals surface area contributed by atoms with Gasteiger partial charge in [0.1, 0.15) is 5.52 Å². The van der Waals surface area contributed by atoms with E-state index in [0.717, 1.165) is 62.0 Å². The fourth-order valence-electron chi connectivity index (χ4n) is 4.23. The molecular formula is C22H27N5O. The predicted octanol–water partition coefficient (Wildman–Crippen LogP) is 3.40. The van der Waals surface area contributed by atoms with E-state index in [1.54, 1.807) is 0 Å². The van der Waals surface area contributed by atoms with E-state index in [2.05, 4.69) is 52.5 Å². The topological polar surface area (TPSA) is 77.0 Å². The molecule has 1 aliphatic heterocycles. The van der Waals surface area contributed by atoms with Crippen LogP contribution in [0.3, 0.4) is 0 Å². The molecule has 3 aromatic rings. The summed E-state index contributed by atoms with van der Waals surface area (Å²) in [5.41, 5.74) is 10.2. The fourth-order valence-corrected chi connectivity index (χ4v) is 4.23. The zero-order chi connectivity index (χ0) is 19.5. The van der Waals surface area contributed by atoms with Crippen LogP contribution in [0, 0.1) is 5.92 Å². The number of amides is 1. The quantitative estimate of drug-likeness (QED) is 0.714. The summed E-state index contributed by atoms with van der Waals surface area (Å²) in [6.45, 7) is 4.73. The van der Waals surface area contributed by atoms with E-state index in [4.69, 9.17) is 5.73 Å². The second-order valence-corrected chi connectivity index (χ2v) is 7.63. The van der Waals surface area contributed by atoms with Crippen LogP contribution in [-0.2, 0) is 13.0 Å². The molecule has 0 atom stereocenters. The van der Waals surface area contributed by atoms with Crippen molar-refractivity contribution in [2.24, 2.45) is 11.7 Å². The number of carbonyl (C=O) groups excluding carboxylic acids is 1. The van der Waals surface area contributed by atoms with Gasteiger partial charge in [0.15, 0.2) is 0 Å². The Morgan fingerprint density at radius 3 is 2.57 bits per heavy atom. The molecule has 4 rings (SSSR count). The van der Waals surface area contributed by atoms with E-state index in [1.807, 2.05) is 16.8 Å². The number of rotatable bonds is 6. The average Bonchev–Trinajstić information content (AvgIpc) is 3.12. The number of carbonyl (C=O) groups is 1. The van der Waals surface area contributed by atoms with Crippen LogP contribution in [0.2, 0.25) is 0 Å². The van der Waals surface area contributed by atoms with Crippen molar-refractivity contribution in [3.63, 3.8) is 0 Å². The Morgan fingerprint density at radius 2 is 1.89 bits per heavy atom. The molecule has 1 aromatic heterocycles. The second-order valence-electron chi connectivity index (χ2n) is 7.63. The highest BCUT2D eigenvalue weighted by molar-refractivity contribution is 6.06. The van der Waals surface area contributed by atoms with Crippen molar-refractivity contribution in [2.75, 3.05) is 18.0 Å². The van der Waals surface area contributed by atoms with Crippen molar-refractivity contribution >= 4 is 22.6 Å². The van der Waals surface area contributed by atoms with Crippen molar-refractivity contribution in [1.82, 2.24) is 15.0 Å². The summed E-state index contributed by atoms with van der Waals surface area (Å²) in [6, 6.07) is 14.4. The van der Waals surface area contributed by atoms with Crippen LogP contribution in [0.4, 0.5) is 5.69 Å². The molecule has 1 amide bonds. The lowest BCUT2D eigenvalue weighted by atomic mass is 9.89. The normalized spacial score (nSPS) is 15.2. The molecule has 6 nitrogen and oxygen atoms in total. The third-order valence-corrected chi connectivity index (χ3v) is 5.66. The molecule has 0 aliphatic carbocycles. The summed E-state index contributed by atoms with van der Waals surface area (Å²) in [5, 5.41) is 8.71. The number of aryl methyl sites for hydroxylation is 1. The first kappa shape index (κ1) is 18.5. The molecule has 1 saturated heterocycles. The van der Waals surface area contributed by atoms with Gasteiger partial charge in [-0.2, -0.15) is 0 Å². The highest BCUT2D eigenvalue weighted by atomic mass is 16.1. The number of nitrogens with two attached hydrogens (primary N) is 1. The zero-order valence-corrected chi connectivity index (χ0v) is 16.3. The molecule has 0 spiro atoms. The van der Waals surface area contributed by atoms with Crippen molar-refractivity contribution in [2.45, 2.75) is 39.2 Å². The third kappa shape index (κ3) is 3.59. The molecule has 1 aliphatic rings. The number of anilines is 1. The molecule has 2 heterocycles. The van der Waals surface area contributed by atoms with E-state index in [1.165, 1.54) is 5.56 Å².